The second-order valence-electron chi connectivity index (χ2n) is 7.86. The third-order valence-corrected chi connectivity index (χ3v) is 7.07. The number of hydrogen-bond acceptors (Lipinski definition) is 6. The number of halogens is 2. The zero-order chi connectivity index (χ0) is 24.2. The van der Waals surface area contributed by atoms with Gasteiger partial charge in [0.2, 0.25) is 9.84 Å². The van der Waals surface area contributed by atoms with Gasteiger partial charge in [-0.15, -0.1) is 0 Å². The molecule has 0 fully saturated rings. The number of hydrogen-bond donors (Lipinski definition) is 3. The third kappa shape index (κ3) is 3.57. The number of nitrogens with two attached hydrogens (primary N) is 1. The Kier molecular flexibility index (Phi) is 4.90. The summed E-state index contributed by atoms with van der Waals surface area (Å²) in [6.45, 7) is -0.0261. The molecule has 0 bridgehead atoms. The number of benzene rings is 3. The Bertz CT molecular complexity index is 1680. The number of nitrogen functional groups attached to an aromatic ring is 1. The standard InChI is InChI=1S/C24H17F2N3O4S/c25-14-3-1-13(2-4-14)11-29-20-8-5-15(26)9-17(20)23(30)22(24(29)31)19-12-34(32,33)21-10-16(27)6-7-18(21)28-19/h1-10,12,28,30H,11,27H2. The van der Waals surface area contributed by atoms with Crippen molar-refractivity contribution in [3.63, 3.8) is 0 Å². The van der Waals surface area contributed by atoms with E-state index >= 15 is 0 Å². The van der Waals surface area contributed by atoms with Crippen LogP contribution in [-0.2, 0) is 16.4 Å². The quantitative estimate of drug-likeness (QED) is 0.384. The summed E-state index contributed by atoms with van der Waals surface area (Å²) in [4.78, 5) is 13.5. The van der Waals surface area contributed by atoms with Crippen molar-refractivity contribution < 1.29 is 22.3 Å². The number of aromatic hydroxyl groups is 1. The van der Waals surface area contributed by atoms with Gasteiger partial charge in [-0.05, 0) is 54.1 Å². The van der Waals surface area contributed by atoms with Crippen LogP contribution in [0.25, 0.3) is 16.6 Å². The van der Waals surface area contributed by atoms with Gasteiger partial charge in [0, 0.05) is 11.1 Å². The van der Waals surface area contributed by atoms with Crippen LogP contribution in [0.1, 0.15) is 11.1 Å². The molecular formula is C24H17F2N3O4S. The maximum absolute atomic E-state index is 14.1. The largest absolute Gasteiger partial charge is 0.506 e. The monoisotopic (exact) mass is 481 g/mol. The topological polar surface area (TPSA) is 114 Å². The summed E-state index contributed by atoms with van der Waals surface area (Å²) in [6.07, 6.45) is 0. The summed E-state index contributed by atoms with van der Waals surface area (Å²) < 4.78 is 54.5. The highest BCUT2D eigenvalue weighted by Crippen LogP contribution is 2.38. The highest BCUT2D eigenvalue weighted by atomic mass is 32.2. The molecule has 0 unspecified atom stereocenters. The zero-order valence-electron chi connectivity index (χ0n) is 17.4. The number of sulfone groups is 1. The first kappa shape index (κ1) is 21.7. The van der Waals surface area contributed by atoms with E-state index < -0.39 is 32.8 Å². The third-order valence-electron chi connectivity index (χ3n) is 5.58. The number of nitrogens with zero attached hydrogens (tertiary/aromatic N) is 1. The maximum Gasteiger partial charge on any atom is 0.264 e. The summed E-state index contributed by atoms with van der Waals surface area (Å²) in [5.74, 6) is -1.67. The fourth-order valence-electron chi connectivity index (χ4n) is 3.98. The molecule has 172 valence electrons. The normalized spacial score (nSPS) is 14.4. The highest BCUT2D eigenvalue weighted by Gasteiger charge is 2.28. The first-order valence-electron chi connectivity index (χ1n) is 10.1. The smallest absolute Gasteiger partial charge is 0.264 e. The van der Waals surface area contributed by atoms with Crippen molar-refractivity contribution in [2.75, 3.05) is 11.1 Å². The van der Waals surface area contributed by atoms with Gasteiger partial charge in [-0.1, -0.05) is 12.1 Å². The van der Waals surface area contributed by atoms with Gasteiger partial charge >= 0.3 is 0 Å². The Hall–Kier alpha value is -4.18. The first-order chi connectivity index (χ1) is 16.1. The van der Waals surface area contributed by atoms with Crippen molar-refractivity contribution in [3.8, 4) is 5.75 Å². The van der Waals surface area contributed by atoms with Crippen LogP contribution in [-0.4, -0.2) is 18.1 Å². The molecule has 0 saturated carbocycles. The van der Waals surface area contributed by atoms with Crippen molar-refractivity contribution in [1.82, 2.24) is 4.57 Å². The number of rotatable bonds is 3. The molecule has 7 nitrogen and oxygen atoms in total. The predicted octanol–water partition coefficient (Wildman–Crippen LogP) is 3.81. The Morgan fingerprint density at radius 1 is 0.971 bits per heavy atom. The number of anilines is 2. The summed E-state index contributed by atoms with van der Waals surface area (Å²) in [6, 6.07) is 13.2. The van der Waals surface area contributed by atoms with E-state index in [-0.39, 0.29) is 45.0 Å². The molecule has 1 aliphatic rings. The maximum atomic E-state index is 14.1. The molecule has 2 heterocycles. The molecule has 1 aromatic heterocycles. The summed E-state index contributed by atoms with van der Waals surface area (Å²) in [5.41, 5.74) is 5.71. The minimum absolute atomic E-state index is 0.0138. The molecule has 3 aromatic carbocycles. The Morgan fingerprint density at radius 3 is 2.41 bits per heavy atom. The van der Waals surface area contributed by atoms with Crippen LogP contribution in [0, 0.1) is 11.6 Å². The summed E-state index contributed by atoms with van der Waals surface area (Å²) in [7, 11) is -4.01. The second kappa shape index (κ2) is 7.70. The molecule has 10 heteroatoms. The molecule has 0 amide bonds. The van der Waals surface area contributed by atoms with Gasteiger partial charge in [0.15, 0.2) is 0 Å². The van der Waals surface area contributed by atoms with Crippen molar-refractivity contribution in [2.24, 2.45) is 0 Å². The minimum atomic E-state index is -4.01. The first-order valence-corrected chi connectivity index (χ1v) is 11.6. The number of fused-ring (bicyclic) bond motifs is 2. The Labute approximate surface area is 192 Å². The van der Waals surface area contributed by atoms with E-state index in [1.807, 2.05) is 0 Å². The van der Waals surface area contributed by atoms with Crippen LogP contribution >= 0.6 is 0 Å². The van der Waals surface area contributed by atoms with E-state index in [9.17, 15) is 27.1 Å². The fraction of sp³-hybridized carbons (Fsp3) is 0.0417. The van der Waals surface area contributed by atoms with Crippen LogP contribution < -0.4 is 16.6 Å². The molecule has 0 saturated heterocycles. The number of aromatic nitrogens is 1. The van der Waals surface area contributed by atoms with Crippen molar-refractivity contribution in [1.29, 1.82) is 0 Å². The fourth-order valence-corrected chi connectivity index (χ4v) is 5.32. The van der Waals surface area contributed by atoms with Crippen molar-refractivity contribution in [3.05, 3.63) is 99.2 Å². The molecule has 0 aliphatic carbocycles. The van der Waals surface area contributed by atoms with Gasteiger partial charge in [-0.3, -0.25) is 4.79 Å². The highest BCUT2D eigenvalue weighted by molar-refractivity contribution is 7.94. The number of pyridine rings is 1. The molecule has 34 heavy (non-hydrogen) atoms. The van der Waals surface area contributed by atoms with Gasteiger partial charge in [-0.2, -0.15) is 0 Å². The van der Waals surface area contributed by atoms with Gasteiger partial charge in [-0.25, -0.2) is 17.2 Å². The zero-order valence-corrected chi connectivity index (χ0v) is 18.2. The van der Waals surface area contributed by atoms with E-state index in [1.54, 1.807) is 0 Å². The van der Waals surface area contributed by atoms with Gasteiger partial charge in [0.25, 0.3) is 5.56 Å². The van der Waals surface area contributed by atoms with Crippen LogP contribution in [0.5, 0.6) is 5.75 Å². The average Bonchev–Trinajstić information content (AvgIpc) is 2.78. The second-order valence-corrected chi connectivity index (χ2v) is 9.63. The Balaban J connectivity index is 1.77. The van der Waals surface area contributed by atoms with E-state index in [2.05, 4.69) is 5.32 Å². The van der Waals surface area contributed by atoms with Crippen LogP contribution in [0.3, 0.4) is 0 Å². The predicted molar refractivity (Wildman–Crippen MR) is 125 cm³/mol. The molecule has 0 radical (unpaired) electrons. The molecule has 4 aromatic rings. The lowest BCUT2D eigenvalue weighted by atomic mass is 10.1. The van der Waals surface area contributed by atoms with Crippen LogP contribution in [0.2, 0.25) is 0 Å². The van der Waals surface area contributed by atoms with Gasteiger partial charge in [0.05, 0.1) is 33.7 Å². The Morgan fingerprint density at radius 2 is 1.68 bits per heavy atom. The lowest BCUT2D eigenvalue weighted by molar-refractivity contribution is 0.476. The van der Waals surface area contributed by atoms with E-state index in [0.29, 0.717) is 5.56 Å². The van der Waals surface area contributed by atoms with E-state index in [0.717, 1.165) is 17.5 Å². The van der Waals surface area contributed by atoms with Crippen LogP contribution in [0.15, 0.2) is 75.8 Å². The molecule has 0 spiro atoms. The van der Waals surface area contributed by atoms with Gasteiger partial charge < -0.3 is 20.7 Å². The van der Waals surface area contributed by atoms with E-state index in [1.165, 1.54) is 53.1 Å². The molecule has 4 N–H and O–H groups in total. The van der Waals surface area contributed by atoms with Crippen molar-refractivity contribution >= 4 is 37.8 Å². The molecule has 0 atom stereocenters. The molecule has 5 rings (SSSR count). The molecular weight excluding hydrogens is 464 g/mol. The summed E-state index contributed by atoms with van der Waals surface area (Å²) in [5, 5.41) is 14.7. The minimum Gasteiger partial charge on any atom is -0.506 e. The van der Waals surface area contributed by atoms with Crippen molar-refractivity contribution in [2.45, 2.75) is 11.4 Å². The van der Waals surface area contributed by atoms with Crippen LogP contribution in [0.4, 0.5) is 20.2 Å². The van der Waals surface area contributed by atoms with E-state index in [4.69, 9.17) is 5.73 Å². The summed E-state index contributed by atoms with van der Waals surface area (Å²) >= 11 is 0. The number of nitrogens with one attached hydrogen (secondary N) is 1. The lowest BCUT2D eigenvalue weighted by Gasteiger charge is -2.22. The molecule has 1 aliphatic heterocycles. The average molecular weight is 481 g/mol. The van der Waals surface area contributed by atoms with Gasteiger partial charge in [0.1, 0.15) is 22.9 Å². The SMILES string of the molecule is Nc1ccc2c(c1)S(=O)(=O)C=C(c1c(O)c3cc(F)ccc3n(Cc3ccc(F)cc3)c1=O)N2. The lowest BCUT2D eigenvalue weighted by Crippen LogP contribution is -2.27.